The minimum Gasteiger partial charge on any atom is -0.326 e. The largest absolute Gasteiger partial charge is 0.416 e. The van der Waals surface area contributed by atoms with Crippen LogP contribution in [0.2, 0.25) is 0 Å². The number of hydrogen-bond acceptors (Lipinski definition) is 2. The van der Waals surface area contributed by atoms with Crippen LogP contribution in [0.1, 0.15) is 16.7 Å². The predicted octanol–water partition coefficient (Wildman–Crippen LogP) is 4.75. The van der Waals surface area contributed by atoms with Crippen LogP contribution in [-0.4, -0.2) is 12.2 Å². The molecule has 0 heterocycles. The van der Waals surface area contributed by atoms with E-state index in [4.69, 9.17) is 0 Å². The van der Waals surface area contributed by atoms with Gasteiger partial charge in [-0.25, -0.2) is 0 Å². The molecule has 23 heavy (non-hydrogen) atoms. The Morgan fingerprint density at radius 1 is 1.00 bits per heavy atom. The molecule has 1 amide bonds. The molecule has 2 nitrogen and oxygen atoms in total. The number of hydrogen-bond donors (Lipinski definition) is 1. The molecule has 1 N–H and O–H groups in total. The molecule has 0 aromatic heterocycles. The average Bonchev–Trinajstić information content (AvgIpc) is 2.49. The van der Waals surface area contributed by atoms with Crippen molar-refractivity contribution in [2.75, 3.05) is 11.6 Å². The van der Waals surface area contributed by atoms with E-state index in [1.54, 1.807) is 11.8 Å². The van der Waals surface area contributed by atoms with Crippen molar-refractivity contribution in [1.82, 2.24) is 0 Å². The van der Waals surface area contributed by atoms with E-state index in [1.165, 1.54) is 17.7 Å². The van der Waals surface area contributed by atoms with Crippen molar-refractivity contribution in [3.63, 3.8) is 0 Å². The molecule has 0 atom stereocenters. The van der Waals surface area contributed by atoms with Crippen LogP contribution in [0.4, 0.5) is 18.9 Å². The Balaban J connectivity index is 1.94. The molecule has 0 saturated heterocycles. The maximum Gasteiger partial charge on any atom is 0.416 e. The summed E-state index contributed by atoms with van der Waals surface area (Å²) in [6.07, 6.45) is -2.32. The van der Waals surface area contributed by atoms with Crippen molar-refractivity contribution in [2.24, 2.45) is 0 Å². The summed E-state index contributed by atoms with van der Waals surface area (Å²) in [6.45, 7) is 0. The molecule has 0 bridgehead atoms. The van der Waals surface area contributed by atoms with Crippen LogP contribution < -0.4 is 5.32 Å². The quantitative estimate of drug-likeness (QED) is 0.852. The number of amides is 1. The molecule has 0 saturated carbocycles. The van der Waals surface area contributed by atoms with Crippen molar-refractivity contribution in [3.05, 3.63) is 65.2 Å². The fraction of sp³-hybridized carbons (Fsp3) is 0.235. The summed E-state index contributed by atoms with van der Waals surface area (Å²) in [7, 11) is 0. The van der Waals surface area contributed by atoms with Gasteiger partial charge in [-0.3, -0.25) is 4.79 Å². The normalized spacial score (nSPS) is 11.3. The van der Waals surface area contributed by atoms with E-state index in [2.05, 4.69) is 5.32 Å². The Kier molecular flexibility index (Phi) is 5.71. The SMILES string of the molecule is CSCc1ccc(NC(=O)Cc2ccc(C(F)(F)F)cc2)cc1. The van der Waals surface area contributed by atoms with Gasteiger partial charge in [0.25, 0.3) is 0 Å². The Morgan fingerprint density at radius 3 is 2.09 bits per heavy atom. The summed E-state index contributed by atoms with van der Waals surface area (Å²) < 4.78 is 37.4. The Morgan fingerprint density at radius 2 is 1.57 bits per heavy atom. The Hall–Kier alpha value is -1.95. The highest BCUT2D eigenvalue weighted by molar-refractivity contribution is 7.97. The number of alkyl halides is 3. The first kappa shape index (κ1) is 17.4. The van der Waals surface area contributed by atoms with E-state index in [-0.39, 0.29) is 12.3 Å². The lowest BCUT2D eigenvalue weighted by atomic mass is 10.1. The van der Waals surface area contributed by atoms with Crippen LogP contribution in [0.5, 0.6) is 0 Å². The monoisotopic (exact) mass is 339 g/mol. The molecule has 0 unspecified atom stereocenters. The summed E-state index contributed by atoms with van der Waals surface area (Å²) in [5.41, 5.74) is 1.66. The zero-order chi connectivity index (χ0) is 16.9. The number of halogens is 3. The van der Waals surface area contributed by atoms with Gasteiger partial charge in [0, 0.05) is 11.4 Å². The van der Waals surface area contributed by atoms with Crippen LogP contribution in [0.3, 0.4) is 0 Å². The van der Waals surface area contributed by atoms with Crippen LogP contribution >= 0.6 is 11.8 Å². The van der Waals surface area contributed by atoms with Gasteiger partial charge in [-0.1, -0.05) is 24.3 Å². The molecular formula is C17H16F3NOS. The maximum absolute atomic E-state index is 12.5. The highest BCUT2D eigenvalue weighted by atomic mass is 32.2. The number of thioether (sulfide) groups is 1. The molecule has 0 aliphatic carbocycles. The van der Waals surface area contributed by atoms with Gasteiger partial charge in [0.2, 0.25) is 5.91 Å². The second kappa shape index (κ2) is 7.55. The summed E-state index contributed by atoms with van der Waals surface area (Å²) in [6, 6.07) is 12.1. The van der Waals surface area contributed by atoms with E-state index in [0.717, 1.165) is 17.9 Å². The number of benzene rings is 2. The molecule has 6 heteroatoms. The van der Waals surface area contributed by atoms with Gasteiger partial charge in [-0.15, -0.1) is 0 Å². The van der Waals surface area contributed by atoms with E-state index < -0.39 is 11.7 Å². The number of carbonyl (C=O) groups excluding carboxylic acids is 1. The molecule has 2 aromatic rings. The lowest BCUT2D eigenvalue weighted by molar-refractivity contribution is -0.137. The van der Waals surface area contributed by atoms with Crippen molar-refractivity contribution in [2.45, 2.75) is 18.3 Å². The average molecular weight is 339 g/mol. The number of rotatable bonds is 5. The minimum absolute atomic E-state index is 0.0324. The summed E-state index contributed by atoms with van der Waals surface area (Å²) in [5, 5.41) is 2.74. The van der Waals surface area contributed by atoms with Crippen LogP contribution in [-0.2, 0) is 23.1 Å². The van der Waals surface area contributed by atoms with Gasteiger partial charge in [0.1, 0.15) is 0 Å². The third kappa shape index (κ3) is 5.32. The summed E-state index contributed by atoms with van der Waals surface area (Å²) in [5.74, 6) is 0.641. The lowest BCUT2D eigenvalue weighted by Crippen LogP contribution is -2.14. The highest BCUT2D eigenvalue weighted by Gasteiger charge is 2.29. The van der Waals surface area contributed by atoms with Gasteiger partial charge >= 0.3 is 6.18 Å². The third-order valence-electron chi connectivity index (χ3n) is 3.19. The predicted molar refractivity (Wildman–Crippen MR) is 87.4 cm³/mol. The van der Waals surface area contributed by atoms with E-state index in [1.807, 2.05) is 30.5 Å². The van der Waals surface area contributed by atoms with Crippen LogP contribution in [0.25, 0.3) is 0 Å². The molecule has 0 aliphatic rings. The van der Waals surface area contributed by atoms with Gasteiger partial charge in [-0.05, 0) is 41.6 Å². The van der Waals surface area contributed by atoms with E-state index in [9.17, 15) is 18.0 Å². The summed E-state index contributed by atoms with van der Waals surface area (Å²) >= 11 is 1.71. The fourth-order valence-electron chi connectivity index (χ4n) is 2.05. The number of anilines is 1. The molecule has 2 aromatic carbocycles. The zero-order valence-electron chi connectivity index (χ0n) is 12.5. The molecule has 0 fully saturated rings. The molecule has 0 radical (unpaired) electrons. The number of carbonyl (C=O) groups is 1. The first-order chi connectivity index (χ1) is 10.9. The van der Waals surface area contributed by atoms with Gasteiger partial charge in [0.05, 0.1) is 12.0 Å². The van der Waals surface area contributed by atoms with Crippen molar-refractivity contribution >= 4 is 23.4 Å². The summed E-state index contributed by atoms with van der Waals surface area (Å²) in [4.78, 5) is 11.9. The lowest BCUT2D eigenvalue weighted by Gasteiger charge is -2.08. The molecule has 0 spiro atoms. The van der Waals surface area contributed by atoms with E-state index in [0.29, 0.717) is 11.3 Å². The second-order valence-corrected chi connectivity index (χ2v) is 5.92. The zero-order valence-corrected chi connectivity index (χ0v) is 13.3. The molecular weight excluding hydrogens is 323 g/mol. The number of nitrogens with one attached hydrogen (secondary N) is 1. The minimum atomic E-state index is -4.36. The maximum atomic E-state index is 12.5. The van der Waals surface area contributed by atoms with Crippen LogP contribution in [0.15, 0.2) is 48.5 Å². The van der Waals surface area contributed by atoms with Gasteiger partial charge < -0.3 is 5.32 Å². The first-order valence-electron chi connectivity index (χ1n) is 6.92. The first-order valence-corrected chi connectivity index (χ1v) is 8.32. The molecule has 122 valence electrons. The van der Waals surface area contributed by atoms with E-state index >= 15 is 0 Å². The molecule has 2 rings (SSSR count). The van der Waals surface area contributed by atoms with Gasteiger partial charge in [-0.2, -0.15) is 24.9 Å². The van der Waals surface area contributed by atoms with Crippen molar-refractivity contribution in [3.8, 4) is 0 Å². The Labute approximate surface area is 137 Å². The Bertz CT molecular complexity index is 651. The second-order valence-electron chi connectivity index (χ2n) is 5.05. The molecule has 0 aliphatic heterocycles. The van der Waals surface area contributed by atoms with Crippen molar-refractivity contribution < 1.29 is 18.0 Å². The van der Waals surface area contributed by atoms with Gasteiger partial charge in [0.15, 0.2) is 0 Å². The standard InChI is InChI=1S/C17H16F3NOS/c1-23-11-13-4-8-15(9-5-13)21-16(22)10-12-2-6-14(7-3-12)17(18,19)20/h2-9H,10-11H2,1H3,(H,21,22). The highest BCUT2D eigenvalue weighted by Crippen LogP contribution is 2.29. The third-order valence-corrected chi connectivity index (χ3v) is 3.82. The smallest absolute Gasteiger partial charge is 0.326 e. The van der Waals surface area contributed by atoms with Crippen molar-refractivity contribution in [1.29, 1.82) is 0 Å². The fourth-order valence-corrected chi connectivity index (χ4v) is 2.58. The van der Waals surface area contributed by atoms with Crippen LogP contribution in [0, 0.1) is 0 Å². The topological polar surface area (TPSA) is 29.1 Å².